The minimum atomic E-state index is -1.15. The molecule has 1 aromatic carbocycles. The number of carbonyl (C=O) groups excluding carboxylic acids is 1. The predicted molar refractivity (Wildman–Crippen MR) is 128 cm³/mol. The maximum atomic E-state index is 14.5. The smallest absolute Gasteiger partial charge is 0.267 e. The van der Waals surface area contributed by atoms with Crippen molar-refractivity contribution in [1.82, 2.24) is 19.9 Å². The number of aromatic nitrogens is 4. The Labute approximate surface area is 200 Å². The number of amides is 1. The molecule has 1 unspecified atom stereocenters. The van der Waals surface area contributed by atoms with Crippen LogP contribution in [-0.4, -0.2) is 30.9 Å². The van der Waals surface area contributed by atoms with E-state index in [2.05, 4.69) is 25.3 Å². The van der Waals surface area contributed by atoms with E-state index in [1.807, 2.05) is 18.2 Å². The summed E-state index contributed by atoms with van der Waals surface area (Å²) >= 11 is 6.46. The summed E-state index contributed by atoms with van der Waals surface area (Å²) in [5, 5.41) is 14.3. The molecule has 0 fully saturated rings. The summed E-state index contributed by atoms with van der Waals surface area (Å²) in [6.45, 7) is 4.93. The van der Waals surface area contributed by atoms with Crippen molar-refractivity contribution in [2.75, 3.05) is 5.32 Å². The summed E-state index contributed by atoms with van der Waals surface area (Å²) in [5.74, 6) is -1.02. The molecule has 34 heavy (non-hydrogen) atoms. The number of hydrogen-bond acceptors (Lipinski definition) is 7. The van der Waals surface area contributed by atoms with Crippen LogP contribution in [0.5, 0.6) is 0 Å². The third-order valence-corrected chi connectivity index (χ3v) is 5.54. The highest BCUT2D eigenvalue weighted by molar-refractivity contribution is 6.34. The number of halogens is 2. The lowest BCUT2D eigenvalue weighted by atomic mass is 10.0. The Morgan fingerprint density at radius 2 is 1.82 bits per heavy atom. The standard InChI is InChI=1S/C24H22ClFN6O2/c1-12(20-17(26)5-7-19(32-20)22(27)33)31-21-15-8-13(4-6-18(15)28-11-16(21)25)14-9-29-23(30-10-14)24(2,3)34/h4-12,34H,1-3H3,(H2,27,33)(H,28,31). The van der Waals surface area contributed by atoms with Crippen molar-refractivity contribution in [3.8, 4) is 11.1 Å². The van der Waals surface area contributed by atoms with Crippen LogP contribution in [-0.2, 0) is 5.60 Å². The quantitative estimate of drug-likeness (QED) is 0.373. The third kappa shape index (κ3) is 4.66. The Bertz CT molecular complexity index is 1390. The van der Waals surface area contributed by atoms with Crippen LogP contribution in [0.3, 0.4) is 0 Å². The molecule has 10 heteroatoms. The van der Waals surface area contributed by atoms with E-state index in [0.29, 0.717) is 27.4 Å². The zero-order valence-corrected chi connectivity index (χ0v) is 19.4. The Morgan fingerprint density at radius 3 is 2.47 bits per heavy atom. The van der Waals surface area contributed by atoms with Gasteiger partial charge in [-0.25, -0.2) is 19.3 Å². The van der Waals surface area contributed by atoms with Gasteiger partial charge in [-0.2, -0.15) is 0 Å². The molecule has 0 aliphatic rings. The molecule has 4 aromatic rings. The molecular weight excluding hydrogens is 459 g/mol. The number of hydrogen-bond donors (Lipinski definition) is 3. The molecule has 0 aliphatic heterocycles. The second kappa shape index (κ2) is 8.92. The average Bonchev–Trinajstić information content (AvgIpc) is 2.80. The van der Waals surface area contributed by atoms with Crippen LogP contribution in [0.15, 0.2) is 48.9 Å². The predicted octanol–water partition coefficient (Wildman–Crippen LogP) is 4.38. The number of nitrogens with two attached hydrogens (primary N) is 1. The highest BCUT2D eigenvalue weighted by Gasteiger charge is 2.20. The Kier molecular flexibility index (Phi) is 6.16. The SMILES string of the molecule is CC(Nc1c(Cl)cnc2ccc(-c3cnc(C(C)(C)O)nc3)cc12)c1nc(C(N)=O)ccc1F. The van der Waals surface area contributed by atoms with Crippen LogP contribution in [0.2, 0.25) is 5.02 Å². The van der Waals surface area contributed by atoms with Crippen molar-refractivity contribution in [3.63, 3.8) is 0 Å². The van der Waals surface area contributed by atoms with E-state index in [1.54, 1.807) is 33.2 Å². The van der Waals surface area contributed by atoms with E-state index in [9.17, 15) is 14.3 Å². The highest BCUT2D eigenvalue weighted by Crippen LogP contribution is 2.35. The summed E-state index contributed by atoms with van der Waals surface area (Å²) in [6.07, 6.45) is 4.76. The van der Waals surface area contributed by atoms with Crippen molar-refractivity contribution in [3.05, 3.63) is 77.0 Å². The Hall–Kier alpha value is -3.69. The molecule has 1 amide bonds. The number of fused-ring (bicyclic) bond motifs is 1. The lowest BCUT2D eigenvalue weighted by Crippen LogP contribution is -2.19. The molecule has 3 aromatic heterocycles. The molecule has 0 aliphatic carbocycles. The highest BCUT2D eigenvalue weighted by atomic mass is 35.5. The van der Waals surface area contributed by atoms with Gasteiger partial charge >= 0.3 is 0 Å². The minimum Gasteiger partial charge on any atom is -0.382 e. The first kappa shape index (κ1) is 23.5. The van der Waals surface area contributed by atoms with Crippen LogP contribution in [0.25, 0.3) is 22.0 Å². The van der Waals surface area contributed by atoms with E-state index < -0.39 is 23.4 Å². The number of nitrogens with one attached hydrogen (secondary N) is 1. The molecule has 8 nitrogen and oxygen atoms in total. The molecule has 0 bridgehead atoms. The van der Waals surface area contributed by atoms with Gasteiger partial charge in [0.15, 0.2) is 5.82 Å². The van der Waals surface area contributed by atoms with Crippen molar-refractivity contribution in [2.45, 2.75) is 32.4 Å². The van der Waals surface area contributed by atoms with Gasteiger partial charge in [0.05, 0.1) is 28.0 Å². The number of aliphatic hydroxyl groups is 1. The first-order valence-corrected chi connectivity index (χ1v) is 10.8. The maximum Gasteiger partial charge on any atom is 0.267 e. The van der Waals surface area contributed by atoms with Crippen LogP contribution >= 0.6 is 11.6 Å². The van der Waals surface area contributed by atoms with Gasteiger partial charge in [-0.3, -0.25) is 9.78 Å². The second-order valence-corrected chi connectivity index (χ2v) is 8.77. The first-order chi connectivity index (χ1) is 16.0. The number of nitrogens with zero attached hydrogens (tertiary/aromatic N) is 4. The van der Waals surface area contributed by atoms with Crippen LogP contribution in [0.4, 0.5) is 10.1 Å². The number of rotatable bonds is 6. The van der Waals surface area contributed by atoms with E-state index in [-0.39, 0.29) is 11.4 Å². The lowest BCUT2D eigenvalue weighted by Gasteiger charge is -2.19. The Balaban J connectivity index is 1.74. The molecule has 3 heterocycles. The monoisotopic (exact) mass is 480 g/mol. The number of pyridine rings is 2. The van der Waals surface area contributed by atoms with E-state index in [4.69, 9.17) is 17.3 Å². The topological polar surface area (TPSA) is 127 Å². The summed E-state index contributed by atoms with van der Waals surface area (Å²) < 4.78 is 14.5. The van der Waals surface area contributed by atoms with Crippen molar-refractivity contribution >= 4 is 34.1 Å². The molecule has 1 atom stereocenters. The van der Waals surface area contributed by atoms with Crippen molar-refractivity contribution in [1.29, 1.82) is 0 Å². The van der Waals surface area contributed by atoms with Crippen molar-refractivity contribution in [2.24, 2.45) is 5.73 Å². The number of primary amides is 1. The number of benzene rings is 1. The molecule has 4 N–H and O–H groups in total. The number of carbonyl (C=O) groups is 1. The van der Waals surface area contributed by atoms with Crippen molar-refractivity contribution < 1.29 is 14.3 Å². The lowest BCUT2D eigenvalue weighted by molar-refractivity contribution is 0.0687. The molecular formula is C24H22ClFN6O2. The second-order valence-electron chi connectivity index (χ2n) is 8.36. The third-order valence-electron chi connectivity index (χ3n) is 5.25. The molecule has 0 saturated carbocycles. The summed E-state index contributed by atoms with van der Waals surface area (Å²) in [7, 11) is 0. The van der Waals surface area contributed by atoms with Gasteiger partial charge in [0.1, 0.15) is 17.1 Å². The van der Waals surface area contributed by atoms with Gasteiger partial charge in [-0.1, -0.05) is 17.7 Å². The largest absolute Gasteiger partial charge is 0.382 e. The molecule has 0 saturated heterocycles. The fraction of sp³-hybridized carbons (Fsp3) is 0.208. The fourth-order valence-corrected chi connectivity index (χ4v) is 3.68. The van der Waals surface area contributed by atoms with E-state index in [0.717, 1.165) is 17.2 Å². The van der Waals surface area contributed by atoms with Crippen LogP contribution in [0.1, 0.15) is 48.8 Å². The van der Waals surface area contributed by atoms with Gasteiger partial charge < -0.3 is 16.2 Å². The Morgan fingerprint density at radius 1 is 1.12 bits per heavy atom. The zero-order chi connectivity index (χ0) is 24.6. The molecule has 0 spiro atoms. The first-order valence-electron chi connectivity index (χ1n) is 10.4. The molecule has 4 rings (SSSR count). The van der Waals surface area contributed by atoms with Gasteiger partial charge in [0, 0.05) is 29.5 Å². The van der Waals surface area contributed by atoms with Gasteiger partial charge in [-0.05, 0) is 50.6 Å². The summed E-state index contributed by atoms with van der Waals surface area (Å²) in [4.78, 5) is 28.4. The van der Waals surface area contributed by atoms with Crippen LogP contribution < -0.4 is 11.1 Å². The summed E-state index contributed by atoms with van der Waals surface area (Å²) in [5.41, 5.74) is 6.86. The average molecular weight is 481 g/mol. The van der Waals surface area contributed by atoms with Crippen LogP contribution in [0, 0.1) is 5.82 Å². The minimum absolute atomic E-state index is 0.0316. The fourth-order valence-electron chi connectivity index (χ4n) is 3.47. The van der Waals surface area contributed by atoms with Gasteiger partial charge in [0.2, 0.25) is 0 Å². The normalized spacial score (nSPS) is 12.5. The molecule has 174 valence electrons. The molecule has 0 radical (unpaired) electrons. The number of anilines is 1. The van der Waals surface area contributed by atoms with E-state index >= 15 is 0 Å². The summed E-state index contributed by atoms with van der Waals surface area (Å²) in [6, 6.07) is 7.32. The van der Waals surface area contributed by atoms with E-state index in [1.165, 1.54) is 12.3 Å². The van der Waals surface area contributed by atoms with Gasteiger partial charge in [0.25, 0.3) is 5.91 Å². The van der Waals surface area contributed by atoms with Gasteiger partial charge in [-0.15, -0.1) is 0 Å². The maximum absolute atomic E-state index is 14.5. The zero-order valence-electron chi connectivity index (χ0n) is 18.7.